The fourth-order valence-electron chi connectivity index (χ4n) is 3.05. The van der Waals surface area contributed by atoms with Gasteiger partial charge in [0.05, 0.1) is 28.3 Å². The summed E-state index contributed by atoms with van der Waals surface area (Å²) >= 11 is 0. The third-order valence-corrected chi connectivity index (χ3v) is 4.61. The van der Waals surface area contributed by atoms with E-state index >= 15 is 0 Å². The zero-order valence-electron chi connectivity index (χ0n) is 16.5. The number of nitrogens with zero attached hydrogens (tertiary/aromatic N) is 4. The van der Waals surface area contributed by atoms with E-state index in [2.05, 4.69) is 10.1 Å². The minimum absolute atomic E-state index is 0.00497. The molecule has 0 N–H and O–H groups in total. The van der Waals surface area contributed by atoms with Crippen molar-refractivity contribution in [2.24, 2.45) is 0 Å². The molecule has 3 aromatic rings. The van der Waals surface area contributed by atoms with Gasteiger partial charge >= 0.3 is 18.5 Å². The van der Waals surface area contributed by atoms with E-state index in [0.29, 0.717) is 6.08 Å². The lowest BCUT2D eigenvalue weighted by Crippen LogP contribution is -2.21. The van der Waals surface area contributed by atoms with Crippen molar-refractivity contribution in [2.45, 2.75) is 24.4 Å². The summed E-state index contributed by atoms with van der Waals surface area (Å²) in [6.45, 7) is 0. The van der Waals surface area contributed by atoms with Gasteiger partial charge in [-0.3, -0.25) is 0 Å². The lowest BCUT2D eigenvalue weighted by molar-refractivity contribution is -0.146. The molecule has 0 aliphatic carbocycles. The molecular weight excluding hydrogens is 479 g/mol. The summed E-state index contributed by atoms with van der Waals surface area (Å²) in [7, 11) is 0. The Morgan fingerprint density at radius 1 is 0.882 bits per heavy atom. The number of allylic oxidation sites excluding steroid dienone is 1. The van der Waals surface area contributed by atoms with Crippen molar-refractivity contribution in [3.8, 4) is 11.8 Å². The average molecular weight is 490 g/mol. The number of hydrogen-bond donors (Lipinski definition) is 0. The molecule has 0 aliphatic rings. The SMILES string of the molecule is N#Cc1cc(/C=C/C(c2cc(C(F)(F)F)cc(C(F)(F)F)c2)C(F)(F)F)ccc1-n1cncn1. The first-order valence-electron chi connectivity index (χ1n) is 9.13. The number of hydrogen-bond acceptors (Lipinski definition) is 3. The van der Waals surface area contributed by atoms with Crippen LogP contribution in [0.5, 0.6) is 0 Å². The molecular formula is C21H11F9N4. The minimum atomic E-state index is -5.30. The third-order valence-electron chi connectivity index (χ3n) is 4.61. The topological polar surface area (TPSA) is 54.5 Å². The zero-order valence-corrected chi connectivity index (χ0v) is 16.5. The number of halogens is 9. The molecule has 0 aliphatic heterocycles. The van der Waals surface area contributed by atoms with Crippen LogP contribution < -0.4 is 0 Å². The molecule has 0 spiro atoms. The van der Waals surface area contributed by atoms with Gasteiger partial charge in [0.15, 0.2) is 0 Å². The first-order chi connectivity index (χ1) is 15.7. The third kappa shape index (κ3) is 5.56. The highest BCUT2D eigenvalue weighted by Gasteiger charge is 2.43. The lowest BCUT2D eigenvalue weighted by atomic mass is 9.93. The Morgan fingerprint density at radius 2 is 1.50 bits per heavy atom. The van der Waals surface area contributed by atoms with E-state index < -0.39 is 41.1 Å². The van der Waals surface area contributed by atoms with Gasteiger partial charge in [-0.2, -0.15) is 49.9 Å². The fraction of sp³-hybridized carbons (Fsp3) is 0.190. The standard InChI is InChI=1S/C21H11F9N4/c22-19(23,24)15-6-13(7-16(8-15)20(25,26)27)17(21(28,29)30)3-1-12-2-4-18(14(5-12)9-31)34-11-32-10-33-34/h1-8,10-11,17H/b3-1+. The summed E-state index contributed by atoms with van der Waals surface area (Å²) in [4.78, 5) is 3.71. The van der Waals surface area contributed by atoms with Crippen LogP contribution in [0.3, 0.4) is 0 Å². The van der Waals surface area contributed by atoms with Gasteiger partial charge < -0.3 is 0 Å². The Kier molecular flexibility index (Phi) is 6.46. The Morgan fingerprint density at radius 3 is 1.97 bits per heavy atom. The van der Waals surface area contributed by atoms with Crippen LogP contribution in [-0.2, 0) is 12.4 Å². The van der Waals surface area contributed by atoms with Gasteiger partial charge in [0.1, 0.15) is 18.7 Å². The maximum absolute atomic E-state index is 13.7. The van der Waals surface area contributed by atoms with E-state index in [4.69, 9.17) is 0 Å². The summed E-state index contributed by atoms with van der Waals surface area (Å²) in [6, 6.07) is 5.49. The van der Waals surface area contributed by atoms with Gasteiger partial charge in [0, 0.05) is 0 Å². The van der Waals surface area contributed by atoms with Gasteiger partial charge in [-0.15, -0.1) is 0 Å². The van der Waals surface area contributed by atoms with Crippen LogP contribution in [0, 0.1) is 11.3 Å². The normalized spacial score (nSPS) is 13.8. The van der Waals surface area contributed by atoms with E-state index in [1.54, 1.807) is 0 Å². The molecule has 0 radical (unpaired) electrons. The summed E-state index contributed by atoms with van der Waals surface area (Å²) < 4.78 is 121. The van der Waals surface area contributed by atoms with Gasteiger partial charge in [-0.25, -0.2) is 9.67 Å². The molecule has 4 nitrogen and oxygen atoms in total. The van der Waals surface area contributed by atoms with Crippen LogP contribution in [-0.4, -0.2) is 20.9 Å². The highest BCUT2D eigenvalue weighted by molar-refractivity contribution is 5.59. The number of rotatable bonds is 4. The first kappa shape index (κ1) is 24.8. The van der Waals surface area contributed by atoms with Crippen LogP contribution in [0.2, 0.25) is 0 Å². The molecule has 13 heteroatoms. The molecule has 3 rings (SSSR count). The first-order valence-corrected chi connectivity index (χ1v) is 9.13. The van der Waals surface area contributed by atoms with Crippen molar-refractivity contribution in [3.05, 3.63) is 82.9 Å². The molecule has 0 fully saturated rings. The van der Waals surface area contributed by atoms with Crippen LogP contribution in [0.4, 0.5) is 39.5 Å². The van der Waals surface area contributed by atoms with Crippen LogP contribution in [0.1, 0.15) is 33.7 Å². The highest BCUT2D eigenvalue weighted by Crippen LogP contribution is 2.42. The fourth-order valence-corrected chi connectivity index (χ4v) is 3.05. The second-order valence-corrected chi connectivity index (χ2v) is 6.95. The highest BCUT2D eigenvalue weighted by atomic mass is 19.4. The van der Waals surface area contributed by atoms with Crippen molar-refractivity contribution in [3.63, 3.8) is 0 Å². The molecule has 1 aromatic heterocycles. The molecule has 178 valence electrons. The molecule has 1 heterocycles. The van der Waals surface area contributed by atoms with Gasteiger partial charge in [0.25, 0.3) is 0 Å². The van der Waals surface area contributed by atoms with Crippen LogP contribution in [0.25, 0.3) is 11.8 Å². The lowest BCUT2D eigenvalue weighted by Gasteiger charge is -2.21. The summed E-state index contributed by atoms with van der Waals surface area (Å²) in [5.74, 6) is -2.78. The van der Waals surface area contributed by atoms with Crippen molar-refractivity contribution < 1.29 is 39.5 Å². The molecule has 0 saturated heterocycles. The Hall–Kier alpha value is -3.82. The van der Waals surface area contributed by atoms with Crippen molar-refractivity contribution in [1.29, 1.82) is 5.26 Å². The Bertz CT molecular complexity index is 1200. The van der Waals surface area contributed by atoms with Crippen molar-refractivity contribution in [1.82, 2.24) is 14.8 Å². The number of benzene rings is 2. The summed E-state index contributed by atoms with van der Waals surface area (Å²) in [6.07, 6.45) is -12.0. The number of nitriles is 1. The van der Waals surface area contributed by atoms with Gasteiger partial charge in [-0.05, 0) is 41.5 Å². The maximum Gasteiger partial charge on any atom is 0.416 e. The quantitative estimate of drug-likeness (QED) is 0.391. The van der Waals surface area contributed by atoms with Crippen molar-refractivity contribution >= 4 is 6.08 Å². The van der Waals surface area contributed by atoms with Crippen molar-refractivity contribution in [2.75, 3.05) is 0 Å². The molecule has 34 heavy (non-hydrogen) atoms. The number of alkyl halides is 9. The Labute approximate surface area is 185 Å². The largest absolute Gasteiger partial charge is 0.416 e. The summed E-state index contributed by atoms with van der Waals surface area (Å²) in [5, 5.41) is 13.1. The summed E-state index contributed by atoms with van der Waals surface area (Å²) in [5.41, 5.74) is -4.64. The predicted octanol–water partition coefficient (Wildman–Crippen LogP) is 6.54. The maximum atomic E-state index is 13.7. The smallest absolute Gasteiger partial charge is 0.223 e. The van der Waals surface area contributed by atoms with Gasteiger partial charge in [-0.1, -0.05) is 18.2 Å². The van der Waals surface area contributed by atoms with E-state index in [1.807, 2.05) is 6.07 Å². The van der Waals surface area contributed by atoms with Crippen LogP contribution >= 0.6 is 0 Å². The second-order valence-electron chi connectivity index (χ2n) is 6.95. The van der Waals surface area contributed by atoms with E-state index in [0.717, 1.165) is 6.08 Å². The Balaban J connectivity index is 2.07. The monoisotopic (exact) mass is 490 g/mol. The minimum Gasteiger partial charge on any atom is -0.223 e. The molecule has 1 unspecified atom stereocenters. The molecule has 0 amide bonds. The van der Waals surface area contributed by atoms with E-state index in [9.17, 15) is 44.8 Å². The zero-order chi connectivity index (χ0) is 25.3. The molecule has 0 saturated carbocycles. The second kappa shape index (κ2) is 8.85. The number of aromatic nitrogens is 3. The molecule has 2 aromatic carbocycles. The predicted molar refractivity (Wildman–Crippen MR) is 100 cm³/mol. The molecule has 0 bridgehead atoms. The van der Waals surface area contributed by atoms with Gasteiger partial charge in [0.2, 0.25) is 0 Å². The van der Waals surface area contributed by atoms with Crippen LogP contribution in [0.15, 0.2) is 55.1 Å². The van der Waals surface area contributed by atoms with E-state index in [-0.39, 0.29) is 35.0 Å². The van der Waals surface area contributed by atoms with E-state index in [1.165, 1.54) is 35.5 Å². The average Bonchev–Trinajstić information content (AvgIpc) is 3.26. The molecule has 1 atom stereocenters.